The Morgan fingerprint density at radius 3 is 2.19 bits per heavy atom. The van der Waals surface area contributed by atoms with E-state index >= 15 is 0 Å². The molecule has 0 spiro atoms. The van der Waals surface area contributed by atoms with Gasteiger partial charge in [-0.05, 0) is 66.8 Å². The van der Waals surface area contributed by atoms with Gasteiger partial charge in [-0.3, -0.25) is 0 Å². The number of fused-ring (bicyclic) bond motifs is 2. The fraction of sp³-hybridized carbons (Fsp3) is 0. The Bertz CT molecular complexity index is 1260. The minimum absolute atomic E-state index is 0.800. The Kier molecular flexibility index (Phi) is 3.80. The van der Waals surface area contributed by atoms with Crippen molar-refractivity contribution in [1.82, 2.24) is 10.2 Å². The van der Waals surface area contributed by atoms with E-state index in [2.05, 4.69) is 105 Å². The Morgan fingerprint density at radius 2 is 1.38 bits per heavy atom. The van der Waals surface area contributed by atoms with E-state index in [4.69, 9.17) is 0 Å². The van der Waals surface area contributed by atoms with Crippen LogP contribution in [0.3, 0.4) is 0 Å². The fourth-order valence-corrected chi connectivity index (χ4v) is 4.47. The number of halogens is 1. The number of hydrogen-bond donors (Lipinski definition) is 0. The number of benzene rings is 4. The molecule has 1 heterocycles. The molecule has 4 aromatic carbocycles. The summed E-state index contributed by atoms with van der Waals surface area (Å²) in [6.45, 7) is 0. The van der Waals surface area contributed by atoms with E-state index in [1.807, 2.05) is 0 Å². The van der Waals surface area contributed by atoms with Gasteiger partial charge in [-0.25, -0.2) is 0 Å². The van der Waals surface area contributed by atoms with Crippen LogP contribution in [0.5, 0.6) is 0 Å². The summed E-state index contributed by atoms with van der Waals surface area (Å²) < 4.78 is 0.800. The number of rotatable bonds is 2. The van der Waals surface area contributed by atoms with E-state index in [9.17, 15) is 0 Å². The zero-order valence-corrected chi connectivity index (χ0v) is 16.1. The summed E-state index contributed by atoms with van der Waals surface area (Å²) in [5.74, 6) is 0. The van der Waals surface area contributed by atoms with Crippen molar-refractivity contribution in [2.45, 2.75) is 0 Å². The van der Waals surface area contributed by atoms with E-state index < -0.39 is 0 Å². The SMILES string of the molecule is Brc1nnc(-c2cccc(-c3cccc4cc5ccccc5cc34)c2)s1. The standard InChI is InChI=1S/C22H13BrN2S/c23-22-25-24-21(26-22)18-9-3-7-16(12-18)19-10-4-8-17-11-14-5-1-2-6-15(14)13-20(17)19/h1-13H. The first kappa shape index (κ1) is 15.7. The third-order valence-electron chi connectivity index (χ3n) is 4.57. The normalized spacial score (nSPS) is 11.3. The van der Waals surface area contributed by atoms with Gasteiger partial charge in [0, 0.05) is 5.56 Å². The van der Waals surface area contributed by atoms with Crippen molar-refractivity contribution in [3.8, 4) is 21.7 Å². The molecular weight excluding hydrogens is 404 g/mol. The highest BCUT2D eigenvalue weighted by atomic mass is 79.9. The molecule has 0 N–H and O–H groups in total. The molecule has 0 aliphatic rings. The second-order valence-corrected chi connectivity index (χ2v) is 8.42. The van der Waals surface area contributed by atoms with Crippen molar-refractivity contribution in [2.75, 3.05) is 0 Å². The molecule has 26 heavy (non-hydrogen) atoms. The summed E-state index contributed by atoms with van der Waals surface area (Å²) in [6, 6.07) is 28.1. The zero-order chi connectivity index (χ0) is 17.5. The lowest BCUT2D eigenvalue weighted by atomic mass is 9.95. The largest absolute Gasteiger partial charge is 0.183 e. The summed E-state index contributed by atoms with van der Waals surface area (Å²) in [5.41, 5.74) is 3.51. The first-order valence-corrected chi connectivity index (χ1v) is 9.90. The third kappa shape index (κ3) is 2.71. The van der Waals surface area contributed by atoms with E-state index in [0.717, 1.165) is 14.5 Å². The molecule has 0 unspecified atom stereocenters. The van der Waals surface area contributed by atoms with Crippen LogP contribution in [0.15, 0.2) is 82.8 Å². The van der Waals surface area contributed by atoms with Crippen molar-refractivity contribution in [3.63, 3.8) is 0 Å². The van der Waals surface area contributed by atoms with Gasteiger partial charge in [0.2, 0.25) is 0 Å². The molecule has 4 heteroatoms. The maximum atomic E-state index is 4.25. The molecule has 0 fully saturated rings. The average Bonchev–Trinajstić information content (AvgIpc) is 3.12. The minimum atomic E-state index is 0.800. The maximum absolute atomic E-state index is 4.25. The molecule has 0 atom stereocenters. The van der Waals surface area contributed by atoms with Crippen molar-refractivity contribution in [2.24, 2.45) is 0 Å². The molecule has 1 aromatic heterocycles. The first-order chi connectivity index (χ1) is 12.8. The van der Waals surface area contributed by atoms with E-state index in [1.165, 1.54) is 32.7 Å². The predicted molar refractivity (Wildman–Crippen MR) is 113 cm³/mol. The van der Waals surface area contributed by atoms with Gasteiger partial charge in [0.15, 0.2) is 3.92 Å². The maximum Gasteiger partial charge on any atom is 0.183 e. The molecule has 0 saturated carbocycles. The zero-order valence-electron chi connectivity index (χ0n) is 13.7. The molecule has 0 saturated heterocycles. The van der Waals surface area contributed by atoms with Crippen LogP contribution >= 0.6 is 27.3 Å². The number of aromatic nitrogens is 2. The van der Waals surface area contributed by atoms with Gasteiger partial charge in [0.25, 0.3) is 0 Å². The number of nitrogens with zero attached hydrogens (tertiary/aromatic N) is 2. The van der Waals surface area contributed by atoms with E-state index in [0.29, 0.717) is 0 Å². The molecule has 0 radical (unpaired) electrons. The Labute approximate surface area is 163 Å². The van der Waals surface area contributed by atoms with Crippen LogP contribution in [-0.2, 0) is 0 Å². The molecule has 0 amide bonds. The van der Waals surface area contributed by atoms with Crippen LogP contribution in [-0.4, -0.2) is 10.2 Å². The summed E-state index contributed by atoms with van der Waals surface area (Å²) in [7, 11) is 0. The lowest BCUT2D eigenvalue weighted by Crippen LogP contribution is -1.84. The van der Waals surface area contributed by atoms with Gasteiger partial charge in [0.1, 0.15) is 5.01 Å². The minimum Gasteiger partial charge on any atom is -0.137 e. The summed E-state index contributed by atoms with van der Waals surface area (Å²) in [6.07, 6.45) is 0. The van der Waals surface area contributed by atoms with Gasteiger partial charge in [-0.1, -0.05) is 72.0 Å². The van der Waals surface area contributed by atoms with Crippen LogP contribution < -0.4 is 0 Å². The molecule has 124 valence electrons. The molecular formula is C22H13BrN2S. The molecule has 2 nitrogen and oxygen atoms in total. The summed E-state index contributed by atoms with van der Waals surface area (Å²) in [4.78, 5) is 0. The summed E-state index contributed by atoms with van der Waals surface area (Å²) in [5, 5.41) is 14.3. The smallest absolute Gasteiger partial charge is 0.137 e. The highest BCUT2D eigenvalue weighted by molar-refractivity contribution is 9.11. The molecule has 0 bridgehead atoms. The topological polar surface area (TPSA) is 25.8 Å². The highest BCUT2D eigenvalue weighted by Crippen LogP contribution is 2.34. The van der Waals surface area contributed by atoms with Crippen molar-refractivity contribution in [3.05, 3.63) is 82.8 Å². The lowest BCUT2D eigenvalue weighted by molar-refractivity contribution is 1.08. The van der Waals surface area contributed by atoms with Gasteiger partial charge >= 0.3 is 0 Å². The van der Waals surface area contributed by atoms with Crippen LogP contribution in [0.2, 0.25) is 0 Å². The highest BCUT2D eigenvalue weighted by Gasteiger charge is 2.09. The quantitative estimate of drug-likeness (QED) is 0.291. The monoisotopic (exact) mass is 416 g/mol. The molecule has 5 rings (SSSR count). The second kappa shape index (κ2) is 6.31. The van der Waals surface area contributed by atoms with Gasteiger partial charge in [0.05, 0.1) is 0 Å². The molecule has 5 aromatic rings. The van der Waals surface area contributed by atoms with E-state index in [-0.39, 0.29) is 0 Å². The first-order valence-electron chi connectivity index (χ1n) is 8.29. The van der Waals surface area contributed by atoms with E-state index in [1.54, 1.807) is 11.3 Å². The van der Waals surface area contributed by atoms with Gasteiger partial charge in [-0.15, -0.1) is 10.2 Å². The Morgan fingerprint density at radius 1 is 0.654 bits per heavy atom. The van der Waals surface area contributed by atoms with Crippen molar-refractivity contribution < 1.29 is 0 Å². The predicted octanol–water partition coefficient (Wildman–Crippen LogP) is 6.94. The average molecular weight is 417 g/mol. The van der Waals surface area contributed by atoms with Gasteiger partial charge in [-0.2, -0.15) is 0 Å². The Balaban J connectivity index is 1.73. The van der Waals surface area contributed by atoms with Crippen molar-refractivity contribution >= 4 is 48.8 Å². The second-order valence-electron chi connectivity index (χ2n) is 6.17. The van der Waals surface area contributed by atoms with Crippen LogP contribution in [0.4, 0.5) is 0 Å². The fourth-order valence-electron chi connectivity index (χ4n) is 3.36. The van der Waals surface area contributed by atoms with Crippen LogP contribution in [0, 0.1) is 0 Å². The van der Waals surface area contributed by atoms with Crippen molar-refractivity contribution in [1.29, 1.82) is 0 Å². The molecule has 0 aliphatic carbocycles. The van der Waals surface area contributed by atoms with Crippen LogP contribution in [0.1, 0.15) is 0 Å². The number of hydrogen-bond acceptors (Lipinski definition) is 3. The molecule has 0 aliphatic heterocycles. The third-order valence-corrected chi connectivity index (χ3v) is 5.97. The summed E-state index contributed by atoms with van der Waals surface area (Å²) >= 11 is 4.94. The van der Waals surface area contributed by atoms with Gasteiger partial charge < -0.3 is 0 Å². The lowest BCUT2D eigenvalue weighted by Gasteiger charge is -2.10. The van der Waals surface area contributed by atoms with Crippen LogP contribution in [0.25, 0.3) is 43.2 Å². The Hall–Kier alpha value is -2.56.